The Bertz CT molecular complexity index is 1030. The van der Waals surface area contributed by atoms with Crippen molar-refractivity contribution in [3.05, 3.63) is 78.5 Å². The van der Waals surface area contributed by atoms with Crippen molar-refractivity contribution >= 4 is 22.9 Å². The van der Waals surface area contributed by atoms with Crippen molar-refractivity contribution in [1.82, 2.24) is 15.0 Å². The minimum Gasteiger partial charge on any atom is -0.444 e. The van der Waals surface area contributed by atoms with Crippen LogP contribution in [0.15, 0.2) is 72.9 Å². The minimum absolute atomic E-state index is 0.194. The quantitative estimate of drug-likeness (QED) is 0.576. The Balaban J connectivity index is 1.57. The summed E-state index contributed by atoms with van der Waals surface area (Å²) in [6, 6.07) is 20.9. The van der Waals surface area contributed by atoms with Gasteiger partial charge in [-0.3, -0.25) is 5.32 Å². The average molecular weight is 344 g/mol. The summed E-state index contributed by atoms with van der Waals surface area (Å²) in [6.45, 7) is 0.194. The molecule has 4 aromatic rings. The van der Waals surface area contributed by atoms with Gasteiger partial charge in [0.2, 0.25) is 0 Å². The molecule has 0 aliphatic carbocycles. The fraction of sp³-hybridized carbons (Fsp3) is 0.0500. The predicted molar refractivity (Wildman–Crippen MR) is 99.6 cm³/mol. The molecule has 0 aliphatic rings. The lowest BCUT2D eigenvalue weighted by molar-refractivity contribution is 0.155. The molecule has 0 saturated carbocycles. The molecule has 0 bridgehead atoms. The number of nitrogens with one attached hydrogen (secondary N) is 2. The number of ether oxygens (including phenoxy) is 1. The number of aromatic nitrogens is 3. The molecule has 0 unspecified atom stereocenters. The van der Waals surface area contributed by atoms with E-state index in [9.17, 15) is 4.79 Å². The van der Waals surface area contributed by atoms with Gasteiger partial charge in [0.05, 0.1) is 5.39 Å². The number of carbonyl (C=O) groups is 1. The van der Waals surface area contributed by atoms with Crippen LogP contribution < -0.4 is 5.32 Å². The van der Waals surface area contributed by atoms with E-state index in [1.54, 1.807) is 6.20 Å². The first-order valence-electron chi connectivity index (χ1n) is 8.18. The highest BCUT2D eigenvalue weighted by Crippen LogP contribution is 2.24. The van der Waals surface area contributed by atoms with Crippen LogP contribution in [-0.4, -0.2) is 21.0 Å². The molecule has 0 saturated heterocycles. The fourth-order valence-corrected chi connectivity index (χ4v) is 2.61. The molecule has 0 atom stereocenters. The zero-order chi connectivity index (χ0) is 17.8. The van der Waals surface area contributed by atoms with Crippen molar-refractivity contribution in [2.24, 2.45) is 0 Å². The van der Waals surface area contributed by atoms with Crippen molar-refractivity contribution in [2.45, 2.75) is 6.61 Å². The predicted octanol–water partition coefficient (Wildman–Crippen LogP) is 4.37. The Hall–Kier alpha value is -3.67. The second kappa shape index (κ2) is 7.06. The van der Waals surface area contributed by atoms with Gasteiger partial charge in [-0.25, -0.2) is 14.8 Å². The molecule has 0 radical (unpaired) electrons. The van der Waals surface area contributed by atoms with Crippen LogP contribution in [-0.2, 0) is 11.3 Å². The normalized spacial score (nSPS) is 10.6. The Morgan fingerprint density at radius 1 is 0.962 bits per heavy atom. The number of H-pyrrole nitrogens is 1. The molecule has 2 aromatic heterocycles. The van der Waals surface area contributed by atoms with Crippen LogP contribution in [0.3, 0.4) is 0 Å². The number of benzene rings is 2. The highest BCUT2D eigenvalue weighted by molar-refractivity contribution is 5.96. The zero-order valence-corrected chi connectivity index (χ0v) is 13.8. The molecule has 0 fully saturated rings. The fourth-order valence-electron chi connectivity index (χ4n) is 2.61. The molecule has 128 valence electrons. The van der Waals surface area contributed by atoms with E-state index in [1.165, 1.54) is 0 Å². The molecule has 0 aliphatic heterocycles. The monoisotopic (exact) mass is 344 g/mol. The molecule has 6 heteroatoms. The molecule has 2 N–H and O–H groups in total. The molecule has 0 spiro atoms. The number of aromatic amines is 1. The van der Waals surface area contributed by atoms with Gasteiger partial charge in [-0.1, -0.05) is 60.7 Å². The van der Waals surface area contributed by atoms with Crippen molar-refractivity contribution in [3.63, 3.8) is 0 Å². The standard InChI is InChI=1S/C20H16N4O2/c25-20(26-13-14-7-3-1-4-8-14)24-19-16-11-12-21-18(16)22-17(23-19)15-9-5-2-6-10-15/h1-12H,13H2,(H2,21,22,23,24,25). The van der Waals surface area contributed by atoms with E-state index in [0.717, 1.165) is 16.5 Å². The summed E-state index contributed by atoms with van der Waals surface area (Å²) in [5.74, 6) is 0.937. The van der Waals surface area contributed by atoms with E-state index < -0.39 is 6.09 Å². The topological polar surface area (TPSA) is 79.9 Å². The van der Waals surface area contributed by atoms with Crippen LogP contribution in [0.25, 0.3) is 22.4 Å². The van der Waals surface area contributed by atoms with Gasteiger partial charge in [-0.15, -0.1) is 0 Å². The Morgan fingerprint density at radius 3 is 2.46 bits per heavy atom. The van der Waals surface area contributed by atoms with Gasteiger partial charge in [0.15, 0.2) is 5.82 Å². The van der Waals surface area contributed by atoms with Crippen molar-refractivity contribution in [1.29, 1.82) is 0 Å². The van der Waals surface area contributed by atoms with Crippen LogP contribution in [0.2, 0.25) is 0 Å². The van der Waals surface area contributed by atoms with Crippen molar-refractivity contribution in [2.75, 3.05) is 5.32 Å². The number of amides is 1. The lowest BCUT2D eigenvalue weighted by Gasteiger charge is -2.09. The summed E-state index contributed by atoms with van der Waals surface area (Å²) in [5, 5.41) is 3.44. The molecule has 1 amide bonds. The summed E-state index contributed by atoms with van der Waals surface area (Å²) in [4.78, 5) is 24.3. The van der Waals surface area contributed by atoms with Crippen LogP contribution in [0.5, 0.6) is 0 Å². The molecule has 6 nitrogen and oxygen atoms in total. The third-order valence-electron chi connectivity index (χ3n) is 3.88. The summed E-state index contributed by atoms with van der Waals surface area (Å²) in [5.41, 5.74) is 2.43. The first-order valence-corrected chi connectivity index (χ1v) is 8.18. The Kier molecular flexibility index (Phi) is 4.30. The second-order valence-corrected chi connectivity index (χ2v) is 5.69. The SMILES string of the molecule is O=C(Nc1nc(-c2ccccc2)nc2[nH]ccc12)OCc1ccccc1. The molecular weight excluding hydrogens is 328 g/mol. The van der Waals surface area contributed by atoms with E-state index in [-0.39, 0.29) is 6.61 Å². The maximum absolute atomic E-state index is 12.2. The number of rotatable bonds is 4. The van der Waals surface area contributed by atoms with E-state index in [0.29, 0.717) is 17.3 Å². The Morgan fingerprint density at radius 2 is 1.69 bits per heavy atom. The van der Waals surface area contributed by atoms with Crippen molar-refractivity contribution in [3.8, 4) is 11.4 Å². The summed E-state index contributed by atoms with van der Waals surface area (Å²) >= 11 is 0. The maximum atomic E-state index is 12.2. The van der Waals surface area contributed by atoms with E-state index in [2.05, 4.69) is 20.3 Å². The first-order chi connectivity index (χ1) is 12.8. The van der Waals surface area contributed by atoms with E-state index >= 15 is 0 Å². The van der Waals surface area contributed by atoms with Crippen LogP contribution in [0, 0.1) is 0 Å². The smallest absolute Gasteiger partial charge is 0.413 e. The maximum Gasteiger partial charge on any atom is 0.413 e. The van der Waals surface area contributed by atoms with Gasteiger partial charge < -0.3 is 9.72 Å². The lowest BCUT2D eigenvalue weighted by atomic mass is 10.2. The van der Waals surface area contributed by atoms with Crippen LogP contribution >= 0.6 is 0 Å². The largest absolute Gasteiger partial charge is 0.444 e. The minimum atomic E-state index is -0.561. The van der Waals surface area contributed by atoms with E-state index in [1.807, 2.05) is 66.7 Å². The highest BCUT2D eigenvalue weighted by Gasteiger charge is 2.13. The molecule has 2 aromatic carbocycles. The van der Waals surface area contributed by atoms with Gasteiger partial charge in [0.1, 0.15) is 18.1 Å². The zero-order valence-electron chi connectivity index (χ0n) is 13.8. The van der Waals surface area contributed by atoms with Gasteiger partial charge >= 0.3 is 6.09 Å². The lowest BCUT2D eigenvalue weighted by Crippen LogP contribution is -2.15. The number of fused-ring (bicyclic) bond motifs is 1. The van der Waals surface area contributed by atoms with Gasteiger partial charge in [0, 0.05) is 11.8 Å². The highest BCUT2D eigenvalue weighted by atomic mass is 16.5. The Labute approximate surface area is 149 Å². The van der Waals surface area contributed by atoms with Crippen molar-refractivity contribution < 1.29 is 9.53 Å². The van der Waals surface area contributed by atoms with Gasteiger partial charge in [0.25, 0.3) is 0 Å². The number of carbonyl (C=O) groups excluding carboxylic acids is 1. The van der Waals surface area contributed by atoms with Gasteiger partial charge in [-0.05, 0) is 11.6 Å². The van der Waals surface area contributed by atoms with Gasteiger partial charge in [-0.2, -0.15) is 0 Å². The number of hydrogen-bond donors (Lipinski definition) is 2. The number of hydrogen-bond acceptors (Lipinski definition) is 4. The summed E-state index contributed by atoms with van der Waals surface area (Å²) in [7, 11) is 0. The third kappa shape index (κ3) is 3.39. The van der Waals surface area contributed by atoms with E-state index in [4.69, 9.17) is 4.74 Å². The van der Waals surface area contributed by atoms with Crippen LogP contribution in [0.4, 0.5) is 10.6 Å². The summed E-state index contributed by atoms with van der Waals surface area (Å²) < 4.78 is 5.28. The molecular formula is C20H16N4O2. The van der Waals surface area contributed by atoms with Crippen LogP contribution in [0.1, 0.15) is 5.56 Å². The first kappa shape index (κ1) is 15.8. The molecule has 26 heavy (non-hydrogen) atoms. The molecule has 4 rings (SSSR count). The summed E-state index contributed by atoms with van der Waals surface area (Å²) in [6.07, 6.45) is 1.20. The number of nitrogens with zero attached hydrogens (tertiary/aromatic N) is 2. The average Bonchev–Trinajstić information content (AvgIpc) is 3.17. The second-order valence-electron chi connectivity index (χ2n) is 5.69. The third-order valence-corrected chi connectivity index (χ3v) is 3.88. The molecule has 2 heterocycles. The number of anilines is 1.